The third kappa shape index (κ3) is 3.44. The minimum absolute atomic E-state index is 0.326. The van der Waals surface area contributed by atoms with E-state index in [2.05, 4.69) is 21.0 Å². The largest absolute Gasteiger partial charge is 0.487 e. The summed E-state index contributed by atoms with van der Waals surface area (Å²) in [6.07, 6.45) is 0. The summed E-state index contributed by atoms with van der Waals surface area (Å²) in [4.78, 5) is 0. The lowest BCUT2D eigenvalue weighted by molar-refractivity contribution is 0.290. The third-order valence-corrected chi connectivity index (χ3v) is 4.32. The molecule has 1 aromatic carbocycles. The molecule has 1 aromatic heterocycles. The highest BCUT2D eigenvalue weighted by molar-refractivity contribution is 9.10. The van der Waals surface area contributed by atoms with E-state index in [1.54, 1.807) is 19.1 Å². The van der Waals surface area contributed by atoms with Crippen molar-refractivity contribution >= 4 is 15.9 Å². The van der Waals surface area contributed by atoms with Crippen molar-refractivity contribution in [2.45, 2.75) is 40.0 Å². The normalized spacial score (nSPS) is 12.5. The Morgan fingerprint density at radius 1 is 1.48 bits per heavy atom. The molecular weight excluding hydrogens is 337 g/mol. The molecule has 2 aromatic rings. The summed E-state index contributed by atoms with van der Waals surface area (Å²) in [5, 5.41) is 4.39. The van der Waals surface area contributed by atoms with E-state index in [1.165, 1.54) is 6.07 Å². The van der Waals surface area contributed by atoms with E-state index in [1.807, 2.05) is 18.5 Å². The number of rotatable bonds is 5. The lowest BCUT2D eigenvalue weighted by atomic mass is 10.1. The zero-order valence-electron chi connectivity index (χ0n) is 12.4. The number of aryl methyl sites for hydroxylation is 2. The lowest BCUT2D eigenvalue weighted by Gasteiger charge is -2.11. The number of nitrogens with two attached hydrogens (primary N) is 1. The van der Waals surface area contributed by atoms with Crippen LogP contribution >= 0.6 is 15.9 Å². The molecule has 1 atom stereocenters. The summed E-state index contributed by atoms with van der Waals surface area (Å²) in [6.45, 7) is 6.77. The van der Waals surface area contributed by atoms with Gasteiger partial charge in [-0.05, 0) is 42.8 Å². The van der Waals surface area contributed by atoms with E-state index >= 15 is 0 Å². The first-order valence-corrected chi connectivity index (χ1v) is 7.63. The molecule has 0 saturated carbocycles. The molecule has 0 amide bonds. The molecular formula is C15H19BrFN3O. The Kier molecular flexibility index (Phi) is 5.00. The van der Waals surface area contributed by atoms with E-state index in [0.717, 1.165) is 22.4 Å². The minimum Gasteiger partial charge on any atom is -0.487 e. The first-order valence-electron chi connectivity index (χ1n) is 6.83. The zero-order valence-corrected chi connectivity index (χ0v) is 13.9. The van der Waals surface area contributed by atoms with Crippen LogP contribution in [0.25, 0.3) is 0 Å². The van der Waals surface area contributed by atoms with Crippen LogP contribution in [-0.2, 0) is 13.2 Å². The van der Waals surface area contributed by atoms with Crippen molar-refractivity contribution in [3.05, 3.63) is 45.4 Å². The predicted molar refractivity (Wildman–Crippen MR) is 83.7 cm³/mol. The maximum Gasteiger partial charge on any atom is 0.131 e. The van der Waals surface area contributed by atoms with Gasteiger partial charge in [0.05, 0.1) is 15.9 Å². The molecule has 2 N–H and O–H groups in total. The van der Waals surface area contributed by atoms with Gasteiger partial charge in [-0.2, -0.15) is 5.10 Å². The molecule has 0 aliphatic rings. The minimum atomic E-state index is -0.346. The van der Waals surface area contributed by atoms with E-state index in [9.17, 15) is 4.39 Å². The fourth-order valence-corrected chi connectivity index (χ4v) is 2.52. The molecule has 21 heavy (non-hydrogen) atoms. The average Bonchev–Trinajstić information content (AvgIpc) is 2.71. The van der Waals surface area contributed by atoms with Gasteiger partial charge in [0.2, 0.25) is 0 Å². The van der Waals surface area contributed by atoms with Crippen molar-refractivity contribution in [1.82, 2.24) is 9.78 Å². The predicted octanol–water partition coefficient (Wildman–Crippen LogP) is 3.71. The first-order chi connectivity index (χ1) is 9.93. The highest BCUT2D eigenvalue weighted by Gasteiger charge is 2.13. The van der Waals surface area contributed by atoms with E-state index in [0.29, 0.717) is 17.9 Å². The smallest absolute Gasteiger partial charge is 0.131 e. The number of nitrogens with zero attached hydrogens (tertiary/aromatic N) is 2. The van der Waals surface area contributed by atoms with Crippen molar-refractivity contribution in [2.24, 2.45) is 5.73 Å². The summed E-state index contributed by atoms with van der Waals surface area (Å²) in [7, 11) is 0. The standard InChI is InChI=1S/C15H19BrFN3O/c1-4-20-14(15(16)10(3)19-20)8-21-11-5-6-12(9(2)18)13(17)7-11/h5-7,9H,4,8,18H2,1-3H3. The van der Waals surface area contributed by atoms with Crippen LogP contribution < -0.4 is 10.5 Å². The van der Waals surface area contributed by atoms with Crippen LogP contribution in [0.1, 0.15) is 36.8 Å². The van der Waals surface area contributed by atoms with Gasteiger partial charge in [0.1, 0.15) is 18.2 Å². The Balaban J connectivity index is 2.15. The molecule has 114 valence electrons. The van der Waals surface area contributed by atoms with E-state index in [4.69, 9.17) is 10.5 Å². The number of ether oxygens (including phenoxy) is 1. The molecule has 0 spiro atoms. The van der Waals surface area contributed by atoms with Gasteiger partial charge in [0, 0.05) is 24.2 Å². The molecule has 0 bridgehead atoms. The molecule has 4 nitrogen and oxygen atoms in total. The van der Waals surface area contributed by atoms with Crippen molar-refractivity contribution in [3.8, 4) is 5.75 Å². The van der Waals surface area contributed by atoms with Crippen LogP contribution in [0.5, 0.6) is 5.75 Å². The summed E-state index contributed by atoms with van der Waals surface area (Å²) in [5.41, 5.74) is 8.02. The summed E-state index contributed by atoms with van der Waals surface area (Å²) in [5.74, 6) is 0.132. The molecule has 0 fully saturated rings. The molecule has 1 heterocycles. The Hall–Kier alpha value is -1.40. The quantitative estimate of drug-likeness (QED) is 0.889. The molecule has 0 aliphatic carbocycles. The van der Waals surface area contributed by atoms with Crippen molar-refractivity contribution in [1.29, 1.82) is 0 Å². The highest BCUT2D eigenvalue weighted by Crippen LogP contribution is 2.25. The fraction of sp³-hybridized carbons (Fsp3) is 0.400. The molecule has 0 radical (unpaired) electrons. The summed E-state index contributed by atoms with van der Waals surface area (Å²) >= 11 is 3.51. The number of benzene rings is 1. The topological polar surface area (TPSA) is 53.1 Å². The highest BCUT2D eigenvalue weighted by atomic mass is 79.9. The molecule has 2 rings (SSSR count). The number of halogens is 2. The Morgan fingerprint density at radius 3 is 2.76 bits per heavy atom. The van der Waals surface area contributed by atoms with Crippen LogP contribution in [0.15, 0.2) is 22.7 Å². The van der Waals surface area contributed by atoms with Gasteiger partial charge in [-0.15, -0.1) is 0 Å². The number of hydrogen-bond donors (Lipinski definition) is 1. The van der Waals surface area contributed by atoms with Crippen LogP contribution in [0.3, 0.4) is 0 Å². The van der Waals surface area contributed by atoms with Crippen molar-refractivity contribution < 1.29 is 9.13 Å². The average molecular weight is 356 g/mol. The van der Waals surface area contributed by atoms with Gasteiger partial charge in [0.25, 0.3) is 0 Å². The molecule has 0 aliphatic heterocycles. The maximum absolute atomic E-state index is 13.9. The molecule has 1 unspecified atom stereocenters. The zero-order chi connectivity index (χ0) is 15.6. The first kappa shape index (κ1) is 16.0. The van der Waals surface area contributed by atoms with E-state index in [-0.39, 0.29) is 11.9 Å². The second-order valence-electron chi connectivity index (χ2n) is 4.92. The second kappa shape index (κ2) is 6.58. The Bertz CT molecular complexity index is 640. The monoisotopic (exact) mass is 355 g/mol. The van der Waals surface area contributed by atoms with Gasteiger partial charge < -0.3 is 10.5 Å². The Morgan fingerprint density at radius 2 is 2.19 bits per heavy atom. The molecule has 0 saturated heterocycles. The van der Waals surface area contributed by atoms with Crippen molar-refractivity contribution in [2.75, 3.05) is 0 Å². The SMILES string of the molecule is CCn1nc(C)c(Br)c1COc1ccc(C(C)N)c(F)c1. The summed E-state index contributed by atoms with van der Waals surface area (Å²) in [6, 6.07) is 4.42. The van der Waals surface area contributed by atoms with Gasteiger partial charge in [-0.3, -0.25) is 4.68 Å². The van der Waals surface area contributed by atoms with Crippen LogP contribution in [-0.4, -0.2) is 9.78 Å². The fourth-order valence-electron chi connectivity index (χ4n) is 2.13. The number of aromatic nitrogens is 2. The Labute approximate surface area is 132 Å². The number of hydrogen-bond acceptors (Lipinski definition) is 3. The van der Waals surface area contributed by atoms with Crippen LogP contribution in [0, 0.1) is 12.7 Å². The van der Waals surface area contributed by atoms with Gasteiger partial charge in [-0.1, -0.05) is 6.07 Å². The second-order valence-corrected chi connectivity index (χ2v) is 5.72. The third-order valence-electron chi connectivity index (χ3n) is 3.29. The van der Waals surface area contributed by atoms with Gasteiger partial charge >= 0.3 is 0 Å². The van der Waals surface area contributed by atoms with Crippen LogP contribution in [0.2, 0.25) is 0 Å². The molecule has 6 heteroatoms. The van der Waals surface area contributed by atoms with Crippen LogP contribution in [0.4, 0.5) is 4.39 Å². The maximum atomic E-state index is 13.9. The van der Waals surface area contributed by atoms with Gasteiger partial charge in [-0.25, -0.2) is 4.39 Å². The van der Waals surface area contributed by atoms with E-state index < -0.39 is 0 Å². The lowest BCUT2D eigenvalue weighted by Crippen LogP contribution is -2.09. The summed E-state index contributed by atoms with van der Waals surface area (Å²) < 4.78 is 22.3. The van der Waals surface area contributed by atoms with Gasteiger partial charge in [0.15, 0.2) is 0 Å². The van der Waals surface area contributed by atoms with Crippen molar-refractivity contribution in [3.63, 3.8) is 0 Å².